The van der Waals surface area contributed by atoms with Crippen LogP contribution in [0.15, 0.2) is 30.3 Å². The van der Waals surface area contributed by atoms with Crippen molar-refractivity contribution in [1.29, 1.82) is 0 Å². The van der Waals surface area contributed by atoms with Gasteiger partial charge in [-0.1, -0.05) is 44.2 Å². The van der Waals surface area contributed by atoms with Gasteiger partial charge in [-0.3, -0.25) is 4.79 Å². The summed E-state index contributed by atoms with van der Waals surface area (Å²) in [4.78, 5) is 23.3. The second kappa shape index (κ2) is 6.89. The Morgan fingerprint density at radius 3 is 2.26 bits per heavy atom. The first-order valence-electron chi connectivity index (χ1n) is 6.25. The Kier molecular flexibility index (Phi) is 5.51. The van der Waals surface area contributed by atoms with Crippen LogP contribution in [-0.2, 0) is 9.59 Å². The third-order valence-electron chi connectivity index (χ3n) is 3.06. The molecule has 4 N–H and O–H groups in total. The van der Waals surface area contributed by atoms with Crippen LogP contribution in [0.2, 0.25) is 0 Å². The molecule has 1 aromatic carbocycles. The molecule has 2 unspecified atom stereocenters. The normalized spacial score (nSPS) is 13.9. The smallest absolute Gasteiger partial charge is 0.330 e. The molecule has 0 heterocycles. The van der Waals surface area contributed by atoms with Crippen molar-refractivity contribution in [1.82, 2.24) is 5.32 Å². The third-order valence-corrected chi connectivity index (χ3v) is 3.06. The molecule has 19 heavy (non-hydrogen) atoms. The topological polar surface area (TPSA) is 92.4 Å². The number of nitrogens with two attached hydrogens (primary N) is 1. The monoisotopic (exact) mass is 264 g/mol. The van der Waals surface area contributed by atoms with Crippen LogP contribution in [0.1, 0.15) is 25.5 Å². The maximum atomic E-state index is 12.0. The van der Waals surface area contributed by atoms with E-state index in [1.165, 1.54) is 0 Å². The molecule has 0 fully saturated rings. The molecule has 0 spiro atoms. The van der Waals surface area contributed by atoms with Gasteiger partial charge in [0.1, 0.15) is 0 Å². The number of hydrogen-bond acceptors (Lipinski definition) is 3. The molecule has 0 aliphatic heterocycles. The number of carboxylic acid groups (broad SMARTS) is 1. The zero-order valence-electron chi connectivity index (χ0n) is 11.2. The van der Waals surface area contributed by atoms with E-state index >= 15 is 0 Å². The number of hydrogen-bond donors (Lipinski definition) is 3. The molecule has 5 nitrogen and oxygen atoms in total. The zero-order valence-corrected chi connectivity index (χ0v) is 11.2. The second-order valence-electron chi connectivity index (χ2n) is 4.78. The van der Waals surface area contributed by atoms with Crippen molar-refractivity contribution in [3.63, 3.8) is 0 Å². The molecule has 1 aromatic rings. The number of benzene rings is 1. The summed E-state index contributed by atoms with van der Waals surface area (Å²) in [5, 5.41) is 11.8. The van der Waals surface area contributed by atoms with E-state index in [0.717, 1.165) is 0 Å². The fraction of sp³-hybridized carbons (Fsp3) is 0.429. The summed E-state index contributed by atoms with van der Waals surface area (Å²) in [7, 11) is 0. The molecule has 2 atom stereocenters. The third kappa shape index (κ3) is 4.06. The van der Waals surface area contributed by atoms with Crippen molar-refractivity contribution in [3.8, 4) is 0 Å². The van der Waals surface area contributed by atoms with E-state index in [1.807, 2.05) is 13.8 Å². The van der Waals surface area contributed by atoms with Crippen molar-refractivity contribution in [3.05, 3.63) is 35.9 Å². The first-order chi connectivity index (χ1) is 8.97. The summed E-state index contributed by atoms with van der Waals surface area (Å²) >= 11 is 0. The highest BCUT2D eigenvalue weighted by Crippen LogP contribution is 2.16. The summed E-state index contributed by atoms with van der Waals surface area (Å²) < 4.78 is 0. The first kappa shape index (κ1) is 15.2. The standard InChI is InChI=1S/C14H20N2O3/c1-9(2)11(8-15)13(17)16-12(14(18)19)10-6-4-3-5-7-10/h3-7,9,11-12H,8,15H2,1-2H3,(H,16,17)(H,18,19). The number of rotatable bonds is 6. The lowest BCUT2D eigenvalue weighted by Gasteiger charge is -2.21. The van der Waals surface area contributed by atoms with Crippen molar-refractivity contribution in [2.24, 2.45) is 17.6 Å². The molecular formula is C14H20N2O3. The van der Waals surface area contributed by atoms with E-state index in [4.69, 9.17) is 5.73 Å². The SMILES string of the molecule is CC(C)C(CN)C(=O)NC(C(=O)O)c1ccccc1. The fourth-order valence-corrected chi connectivity index (χ4v) is 1.86. The lowest BCUT2D eigenvalue weighted by molar-refractivity contribution is -0.142. The van der Waals surface area contributed by atoms with Gasteiger partial charge in [0.2, 0.25) is 5.91 Å². The van der Waals surface area contributed by atoms with Gasteiger partial charge in [0.25, 0.3) is 0 Å². The zero-order chi connectivity index (χ0) is 14.4. The first-order valence-corrected chi connectivity index (χ1v) is 6.25. The van der Waals surface area contributed by atoms with Gasteiger partial charge in [-0.15, -0.1) is 0 Å². The van der Waals surface area contributed by atoms with E-state index in [9.17, 15) is 14.7 Å². The van der Waals surface area contributed by atoms with Gasteiger partial charge >= 0.3 is 5.97 Å². The number of nitrogens with one attached hydrogen (secondary N) is 1. The number of carboxylic acids is 1. The number of amides is 1. The van der Waals surface area contributed by atoms with E-state index in [-0.39, 0.29) is 24.3 Å². The molecule has 104 valence electrons. The summed E-state index contributed by atoms with van der Waals surface area (Å²) in [6.45, 7) is 3.97. The molecule has 0 aliphatic rings. The highest BCUT2D eigenvalue weighted by molar-refractivity contribution is 5.86. The number of carbonyl (C=O) groups excluding carboxylic acids is 1. The van der Waals surface area contributed by atoms with E-state index in [0.29, 0.717) is 5.56 Å². The van der Waals surface area contributed by atoms with Crippen LogP contribution in [0.3, 0.4) is 0 Å². The van der Waals surface area contributed by atoms with Gasteiger partial charge in [-0.25, -0.2) is 4.79 Å². The van der Waals surface area contributed by atoms with Gasteiger partial charge in [0.15, 0.2) is 6.04 Å². The highest BCUT2D eigenvalue weighted by atomic mass is 16.4. The second-order valence-corrected chi connectivity index (χ2v) is 4.78. The molecule has 1 amide bonds. The van der Waals surface area contributed by atoms with Crippen LogP contribution in [0.4, 0.5) is 0 Å². The van der Waals surface area contributed by atoms with E-state index in [1.54, 1.807) is 30.3 Å². The van der Waals surface area contributed by atoms with Crippen LogP contribution < -0.4 is 11.1 Å². The van der Waals surface area contributed by atoms with Crippen molar-refractivity contribution in [2.45, 2.75) is 19.9 Å². The summed E-state index contributed by atoms with van der Waals surface area (Å²) in [5.74, 6) is -1.73. The summed E-state index contributed by atoms with van der Waals surface area (Å²) in [5.41, 5.74) is 6.10. The van der Waals surface area contributed by atoms with E-state index < -0.39 is 12.0 Å². The Hall–Kier alpha value is -1.88. The molecule has 0 radical (unpaired) electrons. The van der Waals surface area contributed by atoms with Gasteiger partial charge in [-0.05, 0) is 11.5 Å². The van der Waals surface area contributed by atoms with Gasteiger partial charge in [0, 0.05) is 6.54 Å². The van der Waals surface area contributed by atoms with Crippen molar-refractivity contribution < 1.29 is 14.7 Å². The number of carbonyl (C=O) groups is 2. The Morgan fingerprint density at radius 1 is 1.26 bits per heavy atom. The number of aliphatic carboxylic acids is 1. The van der Waals surface area contributed by atoms with Gasteiger partial charge in [-0.2, -0.15) is 0 Å². The Bertz CT molecular complexity index is 432. The predicted octanol–water partition coefficient (Wildman–Crippen LogP) is 1.16. The van der Waals surface area contributed by atoms with Gasteiger partial charge < -0.3 is 16.2 Å². The van der Waals surface area contributed by atoms with Crippen LogP contribution in [0.5, 0.6) is 0 Å². The molecule has 0 aromatic heterocycles. The Labute approximate surface area is 112 Å². The summed E-state index contributed by atoms with van der Waals surface area (Å²) in [6.07, 6.45) is 0. The minimum atomic E-state index is -1.08. The van der Waals surface area contributed by atoms with E-state index in [2.05, 4.69) is 5.32 Å². The molecule has 1 rings (SSSR count). The summed E-state index contributed by atoms with van der Waals surface area (Å²) in [6, 6.07) is 7.57. The highest BCUT2D eigenvalue weighted by Gasteiger charge is 2.27. The van der Waals surface area contributed by atoms with Gasteiger partial charge in [0.05, 0.1) is 5.92 Å². The largest absolute Gasteiger partial charge is 0.479 e. The molecule has 0 bridgehead atoms. The Balaban J connectivity index is 2.86. The Morgan fingerprint density at radius 2 is 1.84 bits per heavy atom. The molecule has 5 heteroatoms. The van der Waals surface area contributed by atoms with Crippen LogP contribution in [-0.4, -0.2) is 23.5 Å². The maximum absolute atomic E-state index is 12.0. The molecule has 0 aliphatic carbocycles. The lowest BCUT2D eigenvalue weighted by atomic mass is 9.94. The predicted molar refractivity (Wildman–Crippen MR) is 72.3 cm³/mol. The average Bonchev–Trinajstić information content (AvgIpc) is 2.37. The van der Waals surface area contributed by atoms with Crippen molar-refractivity contribution >= 4 is 11.9 Å². The van der Waals surface area contributed by atoms with Crippen LogP contribution in [0, 0.1) is 11.8 Å². The molecule has 0 saturated carbocycles. The minimum absolute atomic E-state index is 0.0650. The van der Waals surface area contributed by atoms with Crippen LogP contribution >= 0.6 is 0 Å². The lowest BCUT2D eigenvalue weighted by Crippen LogP contribution is -2.42. The maximum Gasteiger partial charge on any atom is 0.330 e. The molecular weight excluding hydrogens is 244 g/mol. The van der Waals surface area contributed by atoms with Crippen LogP contribution in [0.25, 0.3) is 0 Å². The quantitative estimate of drug-likeness (QED) is 0.719. The van der Waals surface area contributed by atoms with Crippen molar-refractivity contribution in [2.75, 3.05) is 6.54 Å². The average molecular weight is 264 g/mol. The molecule has 0 saturated heterocycles. The fourth-order valence-electron chi connectivity index (χ4n) is 1.86. The minimum Gasteiger partial charge on any atom is -0.479 e.